The molecule has 5 heteroatoms. The van der Waals surface area contributed by atoms with Gasteiger partial charge >= 0.3 is 6.09 Å². The fourth-order valence-electron chi connectivity index (χ4n) is 2.12. The monoisotopic (exact) mass is 316 g/mol. The third-order valence-corrected chi connectivity index (χ3v) is 3.08. The van der Waals surface area contributed by atoms with Crippen molar-refractivity contribution < 1.29 is 13.9 Å². The summed E-state index contributed by atoms with van der Waals surface area (Å²) in [4.78, 5) is 11.8. The molecule has 0 saturated carbocycles. The van der Waals surface area contributed by atoms with Crippen LogP contribution in [0.2, 0.25) is 0 Å². The molecule has 0 aliphatic heterocycles. The largest absolute Gasteiger partial charge is 0.464 e. The molecule has 2 N–H and O–H groups in total. The number of rotatable bonds is 4. The molecular weight excluding hydrogens is 292 g/mol. The Hall–Kier alpha value is -2.43. The zero-order chi connectivity index (χ0) is 17.0. The van der Waals surface area contributed by atoms with E-state index >= 15 is 0 Å². The van der Waals surface area contributed by atoms with Crippen LogP contribution in [-0.4, -0.2) is 11.7 Å². The maximum absolute atomic E-state index is 11.8. The minimum Gasteiger partial charge on any atom is -0.464 e. The van der Waals surface area contributed by atoms with E-state index in [0.29, 0.717) is 5.69 Å². The number of carbonyl (C=O) groups is 1. The third-order valence-electron chi connectivity index (χ3n) is 3.08. The maximum Gasteiger partial charge on any atom is 0.412 e. The molecule has 2 rings (SSSR count). The van der Waals surface area contributed by atoms with Gasteiger partial charge in [-0.25, -0.2) is 4.79 Å². The SMILES string of the molecule is Cc1ccc(C(C)Nc2cccc(NC(=O)OC(C)(C)C)c2)o1. The summed E-state index contributed by atoms with van der Waals surface area (Å²) in [5, 5.41) is 6.08. The first-order valence-corrected chi connectivity index (χ1v) is 7.66. The first kappa shape index (κ1) is 16.9. The minimum absolute atomic E-state index is 0.0282. The second-order valence-corrected chi connectivity index (χ2v) is 6.52. The molecule has 1 unspecified atom stereocenters. The van der Waals surface area contributed by atoms with Crippen LogP contribution < -0.4 is 10.6 Å². The van der Waals surface area contributed by atoms with E-state index in [0.717, 1.165) is 17.2 Å². The van der Waals surface area contributed by atoms with Gasteiger partial charge in [-0.2, -0.15) is 0 Å². The molecule has 23 heavy (non-hydrogen) atoms. The van der Waals surface area contributed by atoms with Crippen molar-refractivity contribution in [1.82, 2.24) is 0 Å². The standard InChI is InChI=1S/C18H24N2O3/c1-12-9-10-16(22-12)13(2)19-14-7-6-8-15(11-14)20-17(21)23-18(3,4)5/h6-11,13,19H,1-5H3,(H,20,21). The number of furan rings is 1. The predicted octanol–water partition coefficient (Wildman–Crippen LogP) is 5.11. The number of amides is 1. The Bertz CT molecular complexity index is 671. The van der Waals surface area contributed by atoms with Crippen LogP contribution in [0.25, 0.3) is 0 Å². The summed E-state index contributed by atoms with van der Waals surface area (Å²) in [6.45, 7) is 9.43. The number of hydrogen-bond acceptors (Lipinski definition) is 4. The highest BCUT2D eigenvalue weighted by atomic mass is 16.6. The Morgan fingerprint density at radius 1 is 1.17 bits per heavy atom. The quantitative estimate of drug-likeness (QED) is 0.823. The number of hydrogen-bond donors (Lipinski definition) is 2. The van der Waals surface area contributed by atoms with Gasteiger partial charge in [0.05, 0.1) is 6.04 Å². The van der Waals surface area contributed by atoms with Crippen molar-refractivity contribution in [2.75, 3.05) is 10.6 Å². The molecule has 1 aromatic heterocycles. The zero-order valence-electron chi connectivity index (χ0n) is 14.3. The molecule has 2 aromatic rings. The van der Waals surface area contributed by atoms with Gasteiger partial charge in [0.25, 0.3) is 0 Å². The molecule has 0 bridgehead atoms. The van der Waals surface area contributed by atoms with E-state index in [1.807, 2.05) is 71.0 Å². The van der Waals surface area contributed by atoms with Crippen molar-refractivity contribution in [1.29, 1.82) is 0 Å². The van der Waals surface area contributed by atoms with E-state index in [1.54, 1.807) is 0 Å². The lowest BCUT2D eigenvalue weighted by molar-refractivity contribution is 0.0636. The van der Waals surface area contributed by atoms with Crippen LogP contribution >= 0.6 is 0 Å². The fourth-order valence-corrected chi connectivity index (χ4v) is 2.12. The van der Waals surface area contributed by atoms with Gasteiger partial charge in [0, 0.05) is 11.4 Å². The van der Waals surface area contributed by atoms with Crippen molar-refractivity contribution in [3.63, 3.8) is 0 Å². The molecule has 0 radical (unpaired) electrons. The molecule has 0 fully saturated rings. The van der Waals surface area contributed by atoms with E-state index in [-0.39, 0.29) is 6.04 Å². The fraction of sp³-hybridized carbons (Fsp3) is 0.389. The number of carbonyl (C=O) groups excluding carboxylic acids is 1. The summed E-state index contributed by atoms with van der Waals surface area (Å²) in [5.74, 6) is 1.75. The highest BCUT2D eigenvalue weighted by Gasteiger charge is 2.16. The molecule has 0 aliphatic carbocycles. The van der Waals surface area contributed by atoms with E-state index in [2.05, 4.69) is 10.6 Å². The van der Waals surface area contributed by atoms with Crippen molar-refractivity contribution >= 4 is 17.5 Å². The van der Waals surface area contributed by atoms with E-state index in [1.165, 1.54) is 0 Å². The Kier molecular flexibility index (Phi) is 4.98. The lowest BCUT2D eigenvalue weighted by atomic mass is 10.2. The van der Waals surface area contributed by atoms with Crippen LogP contribution in [0.4, 0.5) is 16.2 Å². The molecule has 1 atom stereocenters. The molecule has 1 heterocycles. The first-order chi connectivity index (χ1) is 10.7. The summed E-state index contributed by atoms with van der Waals surface area (Å²) < 4.78 is 10.9. The Labute approximate surface area is 137 Å². The zero-order valence-corrected chi connectivity index (χ0v) is 14.3. The second-order valence-electron chi connectivity index (χ2n) is 6.52. The molecule has 1 aromatic carbocycles. The number of anilines is 2. The van der Waals surface area contributed by atoms with E-state index < -0.39 is 11.7 Å². The Morgan fingerprint density at radius 3 is 2.48 bits per heavy atom. The average molecular weight is 316 g/mol. The smallest absolute Gasteiger partial charge is 0.412 e. The molecule has 124 valence electrons. The molecular formula is C18H24N2O3. The van der Waals surface area contributed by atoms with Crippen molar-refractivity contribution in [2.45, 2.75) is 46.3 Å². The summed E-state index contributed by atoms with van der Waals surface area (Å²) in [5.41, 5.74) is 1.04. The number of nitrogens with one attached hydrogen (secondary N) is 2. The van der Waals surface area contributed by atoms with Crippen LogP contribution in [-0.2, 0) is 4.74 Å². The first-order valence-electron chi connectivity index (χ1n) is 7.66. The van der Waals surface area contributed by atoms with Crippen LogP contribution in [0.1, 0.15) is 45.3 Å². The molecule has 0 spiro atoms. The summed E-state index contributed by atoms with van der Waals surface area (Å²) in [6, 6.07) is 11.4. The lowest BCUT2D eigenvalue weighted by Crippen LogP contribution is -2.27. The number of aryl methyl sites for hydroxylation is 1. The van der Waals surface area contributed by atoms with Crippen LogP contribution in [0, 0.1) is 6.92 Å². The van der Waals surface area contributed by atoms with Crippen LogP contribution in [0.3, 0.4) is 0 Å². The molecule has 1 amide bonds. The van der Waals surface area contributed by atoms with Crippen LogP contribution in [0.15, 0.2) is 40.8 Å². The number of benzene rings is 1. The predicted molar refractivity (Wildman–Crippen MR) is 91.8 cm³/mol. The Balaban J connectivity index is 2.01. The summed E-state index contributed by atoms with van der Waals surface area (Å²) in [7, 11) is 0. The van der Waals surface area contributed by atoms with Crippen molar-refractivity contribution in [2.24, 2.45) is 0 Å². The van der Waals surface area contributed by atoms with Crippen molar-refractivity contribution in [3.05, 3.63) is 47.9 Å². The van der Waals surface area contributed by atoms with Gasteiger partial charge in [0.2, 0.25) is 0 Å². The number of ether oxygens (including phenoxy) is 1. The van der Waals surface area contributed by atoms with Gasteiger partial charge in [0.15, 0.2) is 0 Å². The van der Waals surface area contributed by atoms with Gasteiger partial charge < -0.3 is 14.5 Å². The maximum atomic E-state index is 11.8. The Morgan fingerprint density at radius 2 is 1.87 bits per heavy atom. The van der Waals surface area contributed by atoms with Gasteiger partial charge in [-0.3, -0.25) is 5.32 Å². The third kappa shape index (κ3) is 5.36. The highest BCUT2D eigenvalue weighted by molar-refractivity contribution is 5.85. The topological polar surface area (TPSA) is 63.5 Å². The lowest BCUT2D eigenvalue weighted by Gasteiger charge is -2.20. The van der Waals surface area contributed by atoms with Gasteiger partial charge in [0.1, 0.15) is 17.1 Å². The van der Waals surface area contributed by atoms with Gasteiger partial charge in [-0.1, -0.05) is 6.07 Å². The molecule has 5 nitrogen and oxygen atoms in total. The molecule has 0 aliphatic rings. The van der Waals surface area contributed by atoms with Gasteiger partial charge in [-0.05, 0) is 65.0 Å². The van der Waals surface area contributed by atoms with Crippen molar-refractivity contribution in [3.8, 4) is 0 Å². The van der Waals surface area contributed by atoms with Gasteiger partial charge in [-0.15, -0.1) is 0 Å². The highest BCUT2D eigenvalue weighted by Crippen LogP contribution is 2.23. The average Bonchev–Trinajstić information content (AvgIpc) is 2.83. The van der Waals surface area contributed by atoms with E-state index in [4.69, 9.17) is 9.15 Å². The second kappa shape index (κ2) is 6.77. The summed E-state index contributed by atoms with van der Waals surface area (Å²) in [6.07, 6.45) is -0.468. The van der Waals surface area contributed by atoms with Crippen LogP contribution in [0.5, 0.6) is 0 Å². The van der Waals surface area contributed by atoms with E-state index in [9.17, 15) is 4.79 Å². The summed E-state index contributed by atoms with van der Waals surface area (Å²) >= 11 is 0. The minimum atomic E-state index is -0.522. The molecule has 0 saturated heterocycles. The normalized spacial score (nSPS) is 12.6.